The Morgan fingerprint density at radius 1 is 1.35 bits per heavy atom. The van der Waals surface area contributed by atoms with E-state index < -0.39 is 17.0 Å². The summed E-state index contributed by atoms with van der Waals surface area (Å²) >= 11 is 0. The molecule has 0 saturated heterocycles. The van der Waals surface area contributed by atoms with Gasteiger partial charge < -0.3 is 10.2 Å². The molecule has 2 unspecified atom stereocenters. The summed E-state index contributed by atoms with van der Waals surface area (Å²) in [4.78, 5) is 11.6. The summed E-state index contributed by atoms with van der Waals surface area (Å²) in [6, 6.07) is 0. The zero-order chi connectivity index (χ0) is 12.3. The maximum absolute atomic E-state index is 11.6. The third kappa shape index (κ3) is 1.48. The van der Waals surface area contributed by atoms with Crippen LogP contribution in [-0.2, 0) is 4.79 Å². The highest BCUT2D eigenvalue weighted by molar-refractivity contribution is 5.79. The number of carboxylic acids is 1. The summed E-state index contributed by atoms with van der Waals surface area (Å²) in [5, 5.41) is 19.9. The second-order valence-corrected chi connectivity index (χ2v) is 6.53. The van der Waals surface area contributed by atoms with Crippen molar-refractivity contribution in [2.24, 2.45) is 10.8 Å². The standard InChI is InChI=1S/C14H20O3/c1-12(17)7-10-3-2-4-13(8-10,9-12)14(5-6-14)11(15)16/h7,17H,2-6,8-9H2,1H3,(H,15,16). The monoisotopic (exact) mass is 236 g/mol. The minimum Gasteiger partial charge on any atom is -0.481 e. The van der Waals surface area contributed by atoms with E-state index in [1.807, 2.05) is 13.0 Å². The van der Waals surface area contributed by atoms with Crippen molar-refractivity contribution in [1.82, 2.24) is 0 Å². The molecule has 0 aliphatic heterocycles. The van der Waals surface area contributed by atoms with Crippen LogP contribution in [-0.4, -0.2) is 21.8 Å². The van der Waals surface area contributed by atoms with Crippen LogP contribution < -0.4 is 0 Å². The van der Waals surface area contributed by atoms with E-state index >= 15 is 0 Å². The van der Waals surface area contributed by atoms with Gasteiger partial charge in [0, 0.05) is 0 Å². The Kier molecular flexibility index (Phi) is 2.08. The van der Waals surface area contributed by atoms with E-state index in [4.69, 9.17) is 0 Å². The lowest BCUT2D eigenvalue weighted by Crippen LogP contribution is -2.48. The number of carbonyl (C=O) groups is 1. The number of rotatable bonds is 2. The van der Waals surface area contributed by atoms with Crippen LogP contribution in [0.15, 0.2) is 11.6 Å². The average Bonchev–Trinajstić information content (AvgIpc) is 2.94. The van der Waals surface area contributed by atoms with E-state index in [0.717, 1.165) is 38.5 Å². The van der Waals surface area contributed by atoms with Gasteiger partial charge in [0.15, 0.2) is 0 Å². The van der Waals surface area contributed by atoms with Crippen molar-refractivity contribution in [1.29, 1.82) is 0 Å². The largest absolute Gasteiger partial charge is 0.481 e. The zero-order valence-electron chi connectivity index (χ0n) is 10.3. The maximum Gasteiger partial charge on any atom is 0.310 e. The van der Waals surface area contributed by atoms with Crippen LogP contribution in [0.5, 0.6) is 0 Å². The van der Waals surface area contributed by atoms with E-state index in [-0.39, 0.29) is 5.41 Å². The molecule has 3 nitrogen and oxygen atoms in total. The number of allylic oxidation sites excluding steroid dienone is 1. The summed E-state index contributed by atoms with van der Waals surface area (Å²) in [6.45, 7) is 1.82. The van der Waals surface area contributed by atoms with Gasteiger partial charge in [-0.3, -0.25) is 4.79 Å². The Hall–Kier alpha value is -0.830. The molecule has 0 aromatic heterocycles. The molecule has 2 fully saturated rings. The fraction of sp³-hybridized carbons (Fsp3) is 0.786. The van der Waals surface area contributed by atoms with Crippen molar-refractivity contribution in [3.8, 4) is 0 Å². The highest BCUT2D eigenvalue weighted by Crippen LogP contribution is 2.68. The van der Waals surface area contributed by atoms with Crippen molar-refractivity contribution in [3.05, 3.63) is 11.6 Å². The van der Waals surface area contributed by atoms with Crippen LogP contribution in [0.1, 0.15) is 51.9 Å². The minimum absolute atomic E-state index is 0.176. The topological polar surface area (TPSA) is 57.5 Å². The van der Waals surface area contributed by atoms with Crippen LogP contribution in [0.2, 0.25) is 0 Å². The molecule has 3 rings (SSSR count). The minimum atomic E-state index is -0.807. The SMILES string of the molecule is CC1(O)C=C2CCCC(C3(C(=O)O)CC3)(C2)C1. The van der Waals surface area contributed by atoms with Crippen LogP contribution in [0.25, 0.3) is 0 Å². The predicted octanol–water partition coefficient (Wildman–Crippen LogP) is 2.49. The normalized spacial score (nSPS) is 42.8. The zero-order valence-corrected chi connectivity index (χ0v) is 10.3. The molecule has 2 saturated carbocycles. The molecule has 2 N–H and O–H groups in total. The number of fused-ring (bicyclic) bond motifs is 2. The van der Waals surface area contributed by atoms with Crippen molar-refractivity contribution < 1.29 is 15.0 Å². The number of carboxylic acid groups (broad SMARTS) is 1. The molecule has 0 amide bonds. The maximum atomic E-state index is 11.6. The van der Waals surface area contributed by atoms with Gasteiger partial charge in [0.2, 0.25) is 0 Å². The Labute approximate surface area is 102 Å². The molecule has 3 heteroatoms. The van der Waals surface area contributed by atoms with E-state index in [2.05, 4.69) is 0 Å². The predicted molar refractivity (Wildman–Crippen MR) is 63.5 cm³/mol. The highest BCUT2D eigenvalue weighted by Gasteiger charge is 2.66. The number of hydrogen-bond donors (Lipinski definition) is 2. The third-order valence-corrected chi connectivity index (χ3v) is 5.10. The van der Waals surface area contributed by atoms with Crippen molar-refractivity contribution in [2.75, 3.05) is 0 Å². The molecule has 17 heavy (non-hydrogen) atoms. The van der Waals surface area contributed by atoms with Gasteiger partial charge in [-0.1, -0.05) is 11.6 Å². The van der Waals surface area contributed by atoms with Crippen molar-refractivity contribution >= 4 is 5.97 Å². The van der Waals surface area contributed by atoms with Gasteiger partial charge in [0.25, 0.3) is 0 Å². The van der Waals surface area contributed by atoms with Crippen molar-refractivity contribution in [2.45, 2.75) is 57.5 Å². The second kappa shape index (κ2) is 3.14. The third-order valence-electron chi connectivity index (χ3n) is 5.10. The first-order valence-electron chi connectivity index (χ1n) is 6.56. The highest BCUT2D eigenvalue weighted by atomic mass is 16.4. The van der Waals surface area contributed by atoms with E-state index in [1.165, 1.54) is 5.57 Å². The second-order valence-electron chi connectivity index (χ2n) is 6.53. The number of aliphatic hydroxyl groups is 1. The van der Waals surface area contributed by atoms with Crippen LogP contribution in [0, 0.1) is 10.8 Å². The molecule has 94 valence electrons. The lowest BCUT2D eigenvalue weighted by atomic mass is 9.55. The first-order valence-corrected chi connectivity index (χ1v) is 6.56. The summed E-state index contributed by atoms with van der Waals surface area (Å²) in [6.07, 6.45) is 8.17. The summed E-state index contributed by atoms with van der Waals surface area (Å²) in [5.41, 5.74) is -0.235. The molecule has 0 radical (unpaired) electrons. The van der Waals surface area contributed by atoms with Gasteiger partial charge in [-0.2, -0.15) is 0 Å². The smallest absolute Gasteiger partial charge is 0.310 e. The first-order chi connectivity index (χ1) is 7.89. The van der Waals surface area contributed by atoms with Crippen LogP contribution >= 0.6 is 0 Å². The van der Waals surface area contributed by atoms with Gasteiger partial charge in [-0.25, -0.2) is 0 Å². The molecule has 2 atom stereocenters. The molecule has 0 aromatic carbocycles. The molecular weight excluding hydrogens is 216 g/mol. The van der Waals surface area contributed by atoms with Crippen LogP contribution in [0.3, 0.4) is 0 Å². The molecule has 0 aromatic rings. The Morgan fingerprint density at radius 2 is 2.06 bits per heavy atom. The van der Waals surface area contributed by atoms with Gasteiger partial charge in [0.05, 0.1) is 11.0 Å². The van der Waals surface area contributed by atoms with E-state index in [9.17, 15) is 15.0 Å². The van der Waals surface area contributed by atoms with Crippen molar-refractivity contribution in [3.63, 3.8) is 0 Å². The van der Waals surface area contributed by atoms with Gasteiger partial charge in [-0.05, 0) is 57.3 Å². The Balaban J connectivity index is 2.03. The molecule has 2 bridgehead atoms. The lowest BCUT2D eigenvalue weighted by Gasteiger charge is -2.50. The molecule has 0 spiro atoms. The van der Waals surface area contributed by atoms with Crippen LogP contribution in [0.4, 0.5) is 0 Å². The quantitative estimate of drug-likeness (QED) is 0.724. The molecule has 3 aliphatic carbocycles. The fourth-order valence-corrected chi connectivity index (χ4v) is 4.39. The summed E-state index contributed by atoms with van der Waals surface area (Å²) in [5.74, 6) is -0.642. The van der Waals surface area contributed by atoms with E-state index in [0.29, 0.717) is 6.42 Å². The van der Waals surface area contributed by atoms with Gasteiger partial charge in [-0.15, -0.1) is 0 Å². The fourth-order valence-electron chi connectivity index (χ4n) is 4.39. The average molecular weight is 236 g/mol. The molecular formula is C14H20O3. The summed E-state index contributed by atoms with van der Waals surface area (Å²) in [7, 11) is 0. The van der Waals surface area contributed by atoms with E-state index in [1.54, 1.807) is 0 Å². The van der Waals surface area contributed by atoms with Gasteiger partial charge >= 0.3 is 5.97 Å². The Morgan fingerprint density at radius 3 is 2.65 bits per heavy atom. The first kappa shape index (κ1) is 11.3. The Bertz CT molecular complexity index is 404. The molecule has 3 aliphatic rings. The number of hydrogen-bond acceptors (Lipinski definition) is 2. The van der Waals surface area contributed by atoms with Gasteiger partial charge in [0.1, 0.15) is 0 Å². The lowest BCUT2D eigenvalue weighted by molar-refractivity contribution is -0.153. The summed E-state index contributed by atoms with van der Waals surface area (Å²) < 4.78 is 0. The number of aliphatic carboxylic acids is 1. The molecule has 0 heterocycles.